The number of nitrogens with zero attached hydrogens (tertiary/aromatic N) is 2. The first-order valence-corrected chi connectivity index (χ1v) is 15.6. The number of thioether (sulfide) groups is 1. The zero-order valence-corrected chi connectivity index (χ0v) is 25.7. The predicted molar refractivity (Wildman–Crippen MR) is 169 cm³/mol. The van der Waals surface area contributed by atoms with E-state index in [-0.39, 0.29) is 26.6 Å². The van der Waals surface area contributed by atoms with Gasteiger partial charge in [-0.2, -0.15) is 8.42 Å². The van der Waals surface area contributed by atoms with Gasteiger partial charge in [0.2, 0.25) is 0 Å². The van der Waals surface area contributed by atoms with Crippen molar-refractivity contribution in [3.8, 4) is 5.75 Å². The van der Waals surface area contributed by atoms with E-state index in [0.29, 0.717) is 37.1 Å². The van der Waals surface area contributed by atoms with Gasteiger partial charge < -0.3 is 4.18 Å². The molecule has 1 aliphatic heterocycles. The molecule has 0 N–H and O–H groups in total. The van der Waals surface area contributed by atoms with Crippen LogP contribution >= 0.6 is 58.2 Å². The molecule has 208 valence electrons. The monoisotopic (exact) mass is 662 g/mol. The summed E-state index contributed by atoms with van der Waals surface area (Å²) in [5, 5.41) is 1.41. The van der Waals surface area contributed by atoms with Crippen LogP contribution in [0.2, 0.25) is 20.1 Å². The van der Waals surface area contributed by atoms with E-state index in [9.17, 15) is 13.2 Å². The third-order valence-electron chi connectivity index (χ3n) is 5.76. The Bertz CT molecular complexity index is 1780. The normalized spacial score (nSPS) is 15.6. The van der Waals surface area contributed by atoms with Gasteiger partial charge in [0.1, 0.15) is 4.90 Å². The van der Waals surface area contributed by atoms with E-state index in [1.165, 1.54) is 29.2 Å². The highest BCUT2D eigenvalue weighted by Gasteiger charge is 2.35. The minimum absolute atomic E-state index is 0.0378. The fourth-order valence-electron chi connectivity index (χ4n) is 3.75. The average Bonchev–Trinajstić information content (AvgIpc) is 3.22. The topological polar surface area (TPSA) is 76.0 Å². The van der Waals surface area contributed by atoms with Crippen LogP contribution in [0.1, 0.15) is 11.1 Å². The van der Waals surface area contributed by atoms with Crippen molar-refractivity contribution in [2.24, 2.45) is 4.99 Å². The van der Waals surface area contributed by atoms with Crippen molar-refractivity contribution in [3.05, 3.63) is 121 Å². The van der Waals surface area contributed by atoms with Gasteiger partial charge in [0.25, 0.3) is 5.91 Å². The molecule has 0 atom stereocenters. The second kappa shape index (κ2) is 12.1. The molecule has 1 fully saturated rings. The van der Waals surface area contributed by atoms with E-state index in [4.69, 9.17) is 50.6 Å². The maximum atomic E-state index is 13.6. The van der Waals surface area contributed by atoms with Gasteiger partial charge in [0, 0.05) is 10.0 Å². The molecule has 1 saturated heterocycles. The molecule has 41 heavy (non-hydrogen) atoms. The lowest BCUT2D eigenvalue weighted by Crippen LogP contribution is -2.28. The number of amides is 1. The minimum Gasteiger partial charge on any atom is -0.376 e. The Morgan fingerprint density at radius 1 is 0.829 bits per heavy atom. The Kier molecular flexibility index (Phi) is 8.70. The van der Waals surface area contributed by atoms with Crippen LogP contribution < -0.4 is 9.08 Å². The van der Waals surface area contributed by atoms with Crippen molar-refractivity contribution in [2.45, 2.75) is 11.8 Å². The summed E-state index contributed by atoms with van der Waals surface area (Å²) in [6.07, 6.45) is 1.59. The number of halogens is 4. The van der Waals surface area contributed by atoms with E-state index in [1.54, 1.807) is 66.7 Å². The van der Waals surface area contributed by atoms with Crippen molar-refractivity contribution >= 4 is 96.8 Å². The Balaban J connectivity index is 1.48. The maximum absolute atomic E-state index is 13.6. The predicted octanol–water partition coefficient (Wildman–Crippen LogP) is 9.18. The molecule has 1 aliphatic rings. The Labute approximate surface area is 261 Å². The lowest BCUT2D eigenvalue weighted by Gasteiger charge is -2.15. The van der Waals surface area contributed by atoms with E-state index >= 15 is 0 Å². The van der Waals surface area contributed by atoms with Crippen LogP contribution in [-0.2, 0) is 14.9 Å². The summed E-state index contributed by atoms with van der Waals surface area (Å²) in [4.78, 5) is 20.0. The molecule has 4 aromatic carbocycles. The number of rotatable bonds is 6. The second-order valence-corrected chi connectivity index (χ2v) is 13.0. The Morgan fingerprint density at radius 2 is 1.39 bits per heavy atom. The van der Waals surface area contributed by atoms with Gasteiger partial charge in [0.05, 0.1) is 26.3 Å². The van der Waals surface area contributed by atoms with Gasteiger partial charge >= 0.3 is 10.1 Å². The summed E-state index contributed by atoms with van der Waals surface area (Å²) < 4.78 is 30.9. The molecule has 0 unspecified atom stereocenters. The Hall–Kier alpha value is -2.98. The first-order valence-electron chi connectivity index (χ1n) is 11.8. The van der Waals surface area contributed by atoms with Crippen LogP contribution in [0.15, 0.2) is 99.7 Å². The van der Waals surface area contributed by atoms with Crippen LogP contribution in [-0.4, -0.2) is 19.5 Å². The molecule has 1 amide bonds. The minimum atomic E-state index is -4.18. The molecule has 4 aromatic rings. The van der Waals surface area contributed by atoms with Crippen LogP contribution in [0.3, 0.4) is 0 Å². The molecule has 6 nitrogen and oxygen atoms in total. The zero-order valence-electron chi connectivity index (χ0n) is 21.0. The summed E-state index contributed by atoms with van der Waals surface area (Å²) in [7, 11) is -4.18. The van der Waals surface area contributed by atoms with Gasteiger partial charge in [-0.3, -0.25) is 9.69 Å². The van der Waals surface area contributed by atoms with E-state index in [0.717, 1.165) is 17.3 Å². The van der Waals surface area contributed by atoms with E-state index in [1.807, 2.05) is 6.92 Å². The van der Waals surface area contributed by atoms with Crippen LogP contribution in [0.25, 0.3) is 6.08 Å². The van der Waals surface area contributed by atoms with Gasteiger partial charge in [0.15, 0.2) is 10.9 Å². The van der Waals surface area contributed by atoms with Crippen molar-refractivity contribution in [1.29, 1.82) is 0 Å². The van der Waals surface area contributed by atoms with Crippen molar-refractivity contribution < 1.29 is 17.4 Å². The molecule has 0 saturated carbocycles. The van der Waals surface area contributed by atoms with Crippen molar-refractivity contribution in [3.63, 3.8) is 0 Å². The van der Waals surface area contributed by atoms with Gasteiger partial charge in [-0.1, -0.05) is 64.1 Å². The highest BCUT2D eigenvalue weighted by atomic mass is 35.5. The molecule has 0 aromatic heterocycles. The molecule has 12 heteroatoms. The lowest BCUT2D eigenvalue weighted by molar-refractivity contribution is -0.113. The third kappa shape index (κ3) is 6.75. The molecular formula is C29H18Cl4N2O4S2. The number of carbonyl (C=O) groups is 1. The first-order chi connectivity index (χ1) is 19.5. The van der Waals surface area contributed by atoms with Gasteiger partial charge in [-0.25, -0.2) is 4.99 Å². The van der Waals surface area contributed by atoms with Crippen LogP contribution in [0.4, 0.5) is 11.4 Å². The average molecular weight is 664 g/mol. The molecule has 0 spiro atoms. The number of anilines is 1. The highest BCUT2D eigenvalue weighted by molar-refractivity contribution is 8.19. The summed E-state index contributed by atoms with van der Waals surface area (Å²) in [5.74, 6) is -0.547. The highest BCUT2D eigenvalue weighted by Crippen LogP contribution is 2.40. The molecular weight excluding hydrogens is 646 g/mol. The maximum Gasteiger partial charge on any atom is 0.339 e. The van der Waals surface area contributed by atoms with Gasteiger partial charge in [-0.15, -0.1) is 0 Å². The SMILES string of the molecule is Cc1ccc(S(=O)(=O)Oc2c(Cl)cc(/C=C3\SC(=Nc4ccc(Cl)cc4)N(c4ccc(Cl)cc4)C3=O)cc2Cl)cc1. The Morgan fingerprint density at radius 3 is 1.98 bits per heavy atom. The number of amidine groups is 1. The quantitative estimate of drug-likeness (QED) is 0.152. The van der Waals surface area contributed by atoms with Crippen molar-refractivity contribution in [2.75, 3.05) is 4.90 Å². The number of hydrogen-bond acceptors (Lipinski definition) is 6. The first kappa shape index (κ1) is 29.5. The molecule has 0 radical (unpaired) electrons. The third-order valence-corrected chi connectivity index (χ3v) is 9.03. The van der Waals surface area contributed by atoms with Gasteiger partial charge in [-0.05, 0) is 103 Å². The molecule has 1 heterocycles. The summed E-state index contributed by atoms with van der Waals surface area (Å²) >= 11 is 26.0. The lowest BCUT2D eigenvalue weighted by atomic mass is 10.2. The summed E-state index contributed by atoms with van der Waals surface area (Å²) in [6.45, 7) is 1.84. The van der Waals surface area contributed by atoms with Crippen LogP contribution in [0.5, 0.6) is 5.75 Å². The fraction of sp³-hybridized carbons (Fsp3) is 0.0345. The van der Waals surface area contributed by atoms with E-state index < -0.39 is 10.1 Å². The summed E-state index contributed by atoms with van der Waals surface area (Å²) in [5.41, 5.74) is 2.53. The second-order valence-electron chi connectivity index (χ2n) is 8.76. The molecule has 5 rings (SSSR count). The van der Waals surface area contributed by atoms with Crippen molar-refractivity contribution in [1.82, 2.24) is 0 Å². The van der Waals surface area contributed by atoms with E-state index in [2.05, 4.69) is 4.99 Å². The standard InChI is InChI=1S/C29H18Cl4N2O4S2/c1-17-2-12-23(13-3-17)41(37,38)39-27-24(32)14-18(15-25(27)33)16-26-28(36)35(22-10-6-20(31)7-11-22)29(40-26)34-21-8-4-19(30)5-9-21/h2-16H,1H3/b26-16-,34-29?. The number of hydrogen-bond donors (Lipinski definition) is 0. The number of aliphatic imine (C=N–C) groups is 1. The number of benzene rings is 4. The zero-order chi connectivity index (χ0) is 29.3. The number of aryl methyl sites for hydroxylation is 1. The smallest absolute Gasteiger partial charge is 0.339 e. The number of carbonyl (C=O) groups excluding carboxylic acids is 1. The molecule has 0 aliphatic carbocycles. The summed E-state index contributed by atoms with van der Waals surface area (Å²) in [6, 6.07) is 22.8. The van der Waals surface area contributed by atoms with Crippen LogP contribution in [0, 0.1) is 6.92 Å². The molecule has 0 bridgehead atoms. The largest absolute Gasteiger partial charge is 0.376 e. The fourth-order valence-corrected chi connectivity index (χ4v) is 6.64.